The van der Waals surface area contributed by atoms with Gasteiger partial charge in [0.1, 0.15) is 6.04 Å². The van der Waals surface area contributed by atoms with Gasteiger partial charge < -0.3 is 11.1 Å². The molecular weight excluding hydrogens is 202 g/mol. The molecule has 16 heavy (non-hydrogen) atoms. The van der Waals surface area contributed by atoms with Crippen molar-refractivity contribution in [1.82, 2.24) is 5.32 Å². The topological polar surface area (TPSA) is 78.9 Å². The molecule has 92 valence electrons. The van der Waals surface area contributed by atoms with E-state index in [-0.39, 0.29) is 11.8 Å². The van der Waals surface area contributed by atoms with Crippen LogP contribution in [0.15, 0.2) is 0 Å². The monoisotopic (exact) mass is 225 g/mol. The highest BCUT2D eigenvalue weighted by molar-refractivity contribution is 5.82. The average Bonchev–Trinajstić information content (AvgIpc) is 2.25. The van der Waals surface area contributed by atoms with Crippen LogP contribution in [0.2, 0.25) is 0 Å². The Balaban J connectivity index is 4.26. The molecule has 3 atom stereocenters. The molecule has 0 spiro atoms. The van der Waals surface area contributed by atoms with E-state index in [0.717, 1.165) is 6.42 Å². The quantitative estimate of drug-likeness (QED) is 0.717. The number of carbonyl (C=O) groups is 1. The summed E-state index contributed by atoms with van der Waals surface area (Å²) in [5.41, 5.74) is 5.78. The van der Waals surface area contributed by atoms with E-state index in [0.29, 0.717) is 12.3 Å². The van der Waals surface area contributed by atoms with Crippen molar-refractivity contribution in [1.29, 1.82) is 5.26 Å². The fourth-order valence-electron chi connectivity index (χ4n) is 1.40. The summed E-state index contributed by atoms with van der Waals surface area (Å²) in [5.74, 6) is 0.296. The molecule has 0 aromatic heterocycles. The third-order valence-electron chi connectivity index (χ3n) is 2.74. The Morgan fingerprint density at radius 2 is 2.00 bits per heavy atom. The number of hydrogen-bond acceptors (Lipinski definition) is 3. The van der Waals surface area contributed by atoms with Gasteiger partial charge in [-0.2, -0.15) is 5.26 Å². The van der Waals surface area contributed by atoms with Crippen LogP contribution in [0.1, 0.15) is 40.5 Å². The van der Waals surface area contributed by atoms with E-state index >= 15 is 0 Å². The Kier molecular flexibility index (Phi) is 6.75. The molecule has 0 radical (unpaired) electrons. The summed E-state index contributed by atoms with van der Waals surface area (Å²) < 4.78 is 0. The number of amides is 1. The number of hydrogen-bond donors (Lipinski definition) is 2. The number of nitrogens with one attached hydrogen (secondary N) is 1. The maximum atomic E-state index is 11.7. The molecule has 3 unspecified atom stereocenters. The summed E-state index contributed by atoms with van der Waals surface area (Å²) in [4.78, 5) is 11.7. The van der Waals surface area contributed by atoms with Crippen LogP contribution < -0.4 is 11.1 Å². The van der Waals surface area contributed by atoms with Crippen molar-refractivity contribution in [3.63, 3.8) is 0 Å². The molecular formula is C12H23N3O. The maximum absolute atomic E-state index is 11.7. The first-order valence-corrected chi connectivity index (χ1v) is 5.87. The van der Waals surface area contributed by atoms with Gasteiger partial charge in [0.2, 0.25) is 5.91 Å². The van der Waals surface area contributed by atoms with Crippen molar-refractivity contribution < 1.29 is 4.79 Å². The van der Waals surface area contributed by atoms with Crippen LogP contribution in [0, 0.1) is 23.2 Å². The summed E-state index contributed by atoms with van der Waals surface area (Å²) in [7, 11) is 0. The molecule has 0 aliphatic heterocycles. The van der Waals surface area contributed by atoms with Crippen LogP contribution in [0.3, 0.4) is 0 Å². The Morgan fingerprint density at radius 3 is 2.38 bits per heavy atom. The molecule has 0 aromatic carbocycles. The fourth-order valence-corrected chi connectivity index (χ4v) is 1.40. The number of nitrogens with zero attached hydrogens (tertiary/aromatic N) is 1. The van der Waals surface area contributed by atoms with Crippen LogP contribution in [0.5, 0.6) is 0 Å². The van der Waals surface area contributed by atoms with Crippen LogP contribution in [0.4, 0.5) is 0 Å². The first kappa shape index (κ1) is 14.9. The first-order chi connectivity index (χ1) is 7.42. The summed E-state index contributed by atoms with van der Waals surface area (Å²) >= 11 is 0. The van der Waals surface area contributed by atoms with Crippen molar-refractivity contribution in [2.24, 2.45) is 17.6 Å². The second-order valence-electron chi connectivity index (χ2n) is 4.73. The van der Waals surface area contributed by atoms with Crippen LogP contribution in [-0.4, -0.2) is 18.0 Å². The van der Waals surface area contributed by atoms with Gasteiger partial charge in [0, 0.05) is 0 Å². The van der Waals surface area contributed by atoms with Crippen molar-refractivity contribution >= 4 is 5.91 Å². The average molecular weight is 225 g/mol. The zero-order valence-corrected chi connectivity index (χ0v) is 10.7. The minimum Gasteiger partial charge on any atom is -0.339 e. The minimum absolute atomic E-state index is 0.137. The van der Waals surface area contributed by atoms with Crippen LogP contribution in [-0.2, 0) is 4.79 Å². The third kappa shape index (κ3) is 5.13. The van der Waals surface area contributed by atoms with Gasteiger partial charge >= 0.3 is 0 Å². The summed E-state index contributed by atoms with van der Waals surface area (Å²) in [6.07, 6.45) is 1.52. The van der Waals surface area contributed by atoms with Gasteiger partial charge in [0.25, 0.3) is 0 Å². The van der Waals surface area contributed by atoms with E-state index in [9.17, 15) is 4.79 Å². The van der Waals surface area contributed by atoms with Gasteiger partial charge in [-0.3, -0.25) is 4.79 Å². The Hall–Kier alpha value is -1.08. The Labute approximate surface area is 98.2 Å². The largest absolute Gasteiger partial charge is 0.339 e. The molecule has 0 aliphatic rings. The lowest BCUT2D eigenvalue weighted by atomic mass is 9.98. The Morgan fingerprint density at radius 1 is 1.44 bits per heavy atom. The van der Waals surface area contributed by atoms with E-state index in [1.807, 2.05) is 27.7 Å². The van der Waals surface area contributed by atoms with Gasteiger partial charge in [-0.25, -0.2) is 0 Å². The second-order valence-corrected chi connectivity index (χ2v) is 4.73. The molecule has 4 heteroatoms. The number of rotatable bonds is 6. The zero-order chi connectivity index (χ0) is 12.7. The molecule has 0 rings (SSSR count). The van der Waals surface area contributed by atoms with E-state index in [1.54, 1.807) is 0 Å². The maximum Gasteiger partial charge on any atom is 0.238 e. The lowest BCUT2D eigenvalue weighted by Crippen LogP contribution is -2.48. The van der Waals surface area contributed by atoms with E-state index in [4.69, 9.17) is 11.0 Å². The molecule has 1 amide bonds. The standard InChI is InChI=1S/C12H23N3O/c1-5-9(4)11(14)12(16)15-10(7-13)6-8(2)3/h8-11H,5-6,14H2,1-4H3,(H,15,16). The third-order valence-corrected chi connectivity index (χ3v) is 2.74. The predicted molar refractivity (Wildman–Crippen MR) is 64.4 cm³/mol. The van der Waals surface area contributed by atoms with E-state index < -0.39 is 12.1 Å². The smallest absolute Gasteiger partial charge is 0.238 e. The molecule has 0 heterocycles. The first-order valence-electron chi connectivity index (χ1n) is 5.87. The Bertz CT molecular complexity index is 257. The SMILES string of the molecule is CCC(C)C(N)C(=O)NC(C#N)CC(C)C. The lowest BCUT2D eigenvalue weighted by Gasteiger charge is -2.20. The highest BCUT2D eigenvalue weighted by Gasteiger charge is 2.22. The highest BCUT2D eigenvalue weighted by atomic mass is 16.2. The lowest BCUT2D eigenvalue weighted by molar-refractivity contribution is -0.123. The van der Waals surface area contributed by atoms with Crippen LogP contribution >= 0.6 is 0 Å². The van der Waals surface area contributed by atoms with E-state index in [1.165, 1.54) is 0 Å². The van der Waals surface area contributed by atoms with Gasteiger partial charge in [0.05, 0.1) is 12.1 Å². The zero-order valence-electron chi connectivity index (χ0n) is 10.7. The molecule has 0 bridgehead atoms. The molecule has 0 aromatic rings. The van der Waals surface area contributed by atoms with Crippen LogP contribution in [0.25, 0.3) is 0 Å². The van der Waals surface area contributed by atoms with Gasteiger partial charge in [-0.1, -0.05) is 34.1 Å². The minimum atomic E-state index is -0.520. The summed E-state index contributed by atoms with van der Waals surface area (Å²) in [6.45, 7) is 7.97. The van der Waals surface area contributed by atoms with Crippen molar-refractivity contribution in [2.75, 3.05) is 0 Å². The summed E-state index contributed by atoms with van der Waals surface area (Å²) in [6, 6.07) is 1.14. The number of carbonyl (C=O) groups excluding carboxylic acids is 1. The van der Waals surface area contributed by atoms with Gasteiger partial charge in [-0.15, -0.1) is 0 Å². The molecule has 0 saturated carbocycles. The fraction of sp³-hybridized carbons (Fsp3) is 0.833. The highest BCUT2D eigenvalue weighted by Crippen LogP contribution is 2.07. The van der Waals surface area contributed by atoms with Gasteiger partial charge in [0.15, 0.2) is 0 Å². The van der Waals surface area contributed by atoms with E-state index in [2.05, 4.69) is 11.4 Å². The molecule has 0 fully saturated rings. The normalized spacial score (nSPS) is 16.3. The molecule has 4 nitrogen and oxygen atoms in total. The van der Waals surface area contributed by atoms with Crippen molar-refractivity contribution in [3.05, 3.63) is 0 Å². The summed E-state index contributed by atoms with van der Waals surface area (Å²) in [5, 5.41) is 11.6. The molecule has 0 aliphatic carbocycles. The molecule has 3 N–H and O–H groups in total. The number of nitriles is 1. The predicted octanol–water partition coefficient (Wildman–Crippen LogP) is 1.41. The number of nitrogens with two attached hydrogens (primary N) is 1. The van der Waals surface area contributed by atoms with Crippen molar-refractivity contribution in [3.8, 4) is 6.07 Å². The second kappa shape index (κ2) is 7.24. The molecule has 0 saturated heterocycles. The van der Waals surface area contributed by atoms with Crippen molar-refractivity contribution in [2.45, 2.75) is 52.6 Å². The van der Waals surface area contributed by atoms with Gasteiger partial charge in [-0.05, 0) is 18.3 Å².